The van der Waals surface area contributed by atoms with Gasteiger partial charge in [-0.1, -0.05) is 48.9 Å². The van der Waals surface area contributed by atoms with Gasteiger partial charge in [-0.25, -0.2) is 4.98 Å². The number of benzene rings is 1. The minimum Gasteiger partial charge on any atom is -0.497 e. The van der Waals surface area contributed by atoms with Crippen molar-refractivity contribution in [2.24, 2.45) is 0 Å². The highest BCUT2D eigenvalue weighted by molar-refractivity contribution is 8.01. The number of thioether (sulfide) groups is 1. The second-order valence-electron chi connectivity index (χ2n) is 4.00. The molecule has 2 aromatic rings. The molecule has 2 nitrogen and oxygen atoms in total. The molecule has 0 bridgehead atoms. The van der Waals surface area contributed by atoms with Crippen molar-refractivity contribution in [1.29, 1.82) is 0 Å². The number of hydrogen-bond donors (Lipinski definition) is 0. The predicted molar refractivity (Wildman–Crippen MR) is 80.1 cm³/mol. The molecule has 0 atom stereocenters. The molecule has 1 aromatic carbocycles. The highest BCUT2D eigenvalue weighted by Gasteiger charge is 2.14. The Morgan fingerprint density at radius 1 is 1.39 bits per heavy atom. The zero-order chi connectivity index (χ0) is 13.1. The third-order valence-electron chi connectivity index (χ3n) is 2.26. The van der Waals surface area contributed by atoms with E-state index in [0.717, 1.165) is 21.2 Å². The van der Waals surface area contributed by atoms with Crippen molar-refractivity contribution < 1.29 is 4.74 Å². The summed E-state index contributed by atoms with van der Waals surface area (Å²) in [5.41, 5.74) is 1.99. The highest BCUT2D eigenvalue weighted by atomic mass is 35.5. The van der Waals surface area contributed by atoms with Gasteiger partial charge in [0.2, 0.25) is 0 Å². The lowest BCUT2D eigenvalue weighted by atomic mass is 10.2. The normalized spacial score (nSPS) is 10.9. The molecule has 1 heterocycles. The van der Waals surface area contributed by atoms with Gasteiger partial charge >= 0.3 is 0 Å². The Morgan fingerprint density at radius 2 is 2.17 bits per heavy atom. The fourth-order valence-corrected chi connectivity index (χ4v) is 4.24. The van der Waals surface area contributed by atoms with Crippen LogP contribution in [0, 0.1) is 0 Å². The Morgan fingerprint density at radius 3 is 2.83 bits per heavy atom. The van der Waals surface area contributed by atoms with Gasteiger partial charge in [-0.05, 0) is 12.1 Å². The second-order valence-corrected chi connectivity index (χ2v) is 7.43. The molecule has 5 heteroatoms. The van der Waals surface area contributed by atoms with Crippen LogP contribution in [0.1, 0.15) is 13.8 Å². The van der Waals surface area contributed by atoms with Gasteiger partial charge in [-0.2, -0.15) is 0 Å². The van der Waals surface area contributed by atoms with E-state index in [1.165, 1.54) is 11.3 Å². The summed E-state index contributed by atoms with van der Waals surface area (Å²) in [5, 5.41) is 0.505. The number of thiazole rings is 1. The predicted octanol–water partition coefficient (Wildman–Crippen LogP) is 4.97. The quantitative estimate of drug-likeness (QED) is 0.744. The van der Waals surface area contributed by atoms with E-state index in [4.69, 9.17) is 16.3 Å². The first-order valence-electron chi connectivity index (χ1n) is 5.57. The van der Waals surface area contributed by atoms with Gasteiger partial charge in [-0.3, -0.25) is 0 Å². The molecular weight excluding hydrogens is 286 g/mol. The summed E-state index contributed by atoms with van der Waals surface area (Å²) in [5.74, 6) is 0.831. The SMILES string of the molecule is COc1cccc(-c2nc(Cl)sc2SC(C)C)c1. The van der Waals surface area contributed by atoms with Crippen molar-refractivity contribution in [3.63, 3.8) is 0 Å². The molecular formula is C13H14ClNOS2. The Bertz CT molecular complexity index is 540. The molecule has 96 valence electrons. The average molecular weight is 300 g/mol. The summed E-state index contributed by atoms with van der Waals surface area (Å²) in [6.07, 6.45) is 0. The average Bonchev–Trinajstić information content (AvgIpc) is 2.69. The molecule has 0 aliphatic carbocycles. The Kier molecular flexibility index (Phi) is 4.54. The number of nitrogens with zero attached hydrogens (tertiary/aromatic N) is 1. The van der Waals surface area contributed by atoms with Gasteiger partial charge in [-0.15, -0.1) is 11.8 Å². The second kappa shape index (κ2) is 5.95. The molecule has 0 saturated carbocycles. The van der Waals surface area contributed by atoms with E-state index in [0.29, 0.717) is 9.72 Å². The molecule has 0 fully saturated rings. The van der Waals surface area contributed by atoms with Crippen molar-refractivity contribution >= 4 is 34.7 Å². The van der Waals surface area contributed by atoms with E-state index in [1.807, 2.05) is 24.3 Å². The lowest BCUT2D eigenvalue weighted by Gasteiger charge is -2.06. The zero-order valence-electron chi connectivity index (χ0n) is 10.4. The first kappa shape index (κ1) is 13.7. The van der Waals surface area contributed by atoms with E-state index in [-0.39, 0.29) is 0 Å². The Hall–Kier alpha value is -0.710. The molecule has 0 saturated heterocycles. The number of aromatic nitrogens is 1. The number of methoxy groups -OCH3 is 1. The Labute approximate surface area is 120 Å². The highest BCUT2D eigenvalue weighted by Crippen LogP contribution is 2.40. The molecule has 2 rings (SSSR count). The third-order valence-corrected chi connectivity index (χ3v) is 4.63. The maximum Gasteiger partial charge on any atom is 0.185 e. The maximum atomic E-state index is 6.04. The molecule has 1 aromatic heterocycles. The summed E-state index contributed by atoms with van der Waals surface area (Å²) < 4.78 is 6.98. The minimum atomic E-state index is 0.505. The topological polar surface area (TPSA) is 22.1 Å². The number of halogens is 1. The van der Waals surface area contributed by atoms with Gasteiger partial charge in [0.05, 0.1) is 17.0 Å². The minimum absolute atomic E-state index is 0.505. The van der Waals surface area contributed by atoms with E-state index in [2.05, 4.69) is 18.8 Å². The Balaban J connectivity index is 2.42. The lowest BCUT2D eigenvalue weighted by Crippen LogP contribution is -1.88. The van der Waals surface area contributed by atoms with E-state index in [1.54, 1.807) is 18.9 Å². The van der Waals surface area contributed by atoms with Crippen LogP contribution in [0.2, 0.25) is 4.47 Å². The fourth-order valence-electron chi connectivity index (χ4n) is 1.53. The van der Waals surface area contributed by atoms with Crippen LogP contribution in [-0.4, -0.2) is 17.3 Å². The molecule has 0 unspecified atom stereocenters. The largest absolute Gasteiger partial charge is 0.497 e. The van der Waals surface area contributed by atoms with Gasteiger partial charge in [0, 0.05) is 10.8 Å². The van der Waals surface area contributed by atoms with Crippen molar-refractivity contribution in [1.82, 2.24) is 4.98 Å². The summed E-state index contributed by atoms with van der Waals surface area (Å²) in [4.78, 5) is 4.42. The van der Waals surface area contributed by atoms with Crippen LogP contribution in [0.4, 0.5) is 0 Å². The van der Waals surface area contributed by atoms with Crippen LogP contribution in [0.15, 0.2) is 28.5 Å². The summed E-state index contributed by atoms with van der Waals surface area (Å²) >= 11 is 9.35. The van der Waals surface area contributed by atoms with Gasteiger partial charge < -0.3 is 4.74 Å². The standard InChI is InChI=1S/C13H14ClNOS2/c1-8(2)17-12-11(15-13(14)18-12)9-5-4-6-10(7-9)16-3/h4-8H,1-3H3. The maximum absolute atomic E-state index is 6.04. The van der Waals surface area contributed by atoms with Crippen LogP contribution in [-0.2, 0) is 0 Å². The van der Waals surface area contributed by atoms with Gasteiger partial charge in [0.15, 0.2) is 4.47 Å². The summed E-state index contributed by atoms with van der Waals surface area (Å²) in [7, 11) is 1.66. The van der Waals surface area contributed by atoms with E-state index < -0.39 is 0 Å². The fraction of sp³-hybridized carbons (Fsp3) is 0.308. The first-order valence-corrected chi connectivity index (χ1v) is 7.65. The smallest absolute Gasteiger partial charge is 0.185 e. The van der Waals surface area contributed by atoms with Gasteiger partial charge in [0.25, 0.3) is 0 Å². The van der Waals surface area contributed by atoms with E-state index >= 15 is 0 Å². The number of hydrogen-bond acceptors (Lipinski definition) is 4. The summed E-state index contributed by atoms with van der Waals surface area (Å²) in [6.45, 7) is 4.32. The van der Waals surface area contributed by atoms with Crippen molar-refractivity contribution in [3.05, 3.63) is 28.7 Å². The number of rotatable bonds is 4. The lowest BCUT2D eigenvalue weighted by molar-refractivity contribution is 0.415. The van der Waals surface area contributed by atoms with Gasteiger partial charge in [0.1, 0.15) is 5.75 Å². The molecule has 0 aliphatic heterocycles. The van der Waals surface area contributed by atoms with Crippen LogP contribution < -0.4 is 4.74 Å². The van der Waals surface area contributed by atoms with Crippen molar-refractivity contribution in [2.75, 3.05) is 7.11 Å². The van der Waals surface area contributed by atoms with Crippen LogP contribution in [0.3, 0.4) is 0 Å². The molecule has 0 amide bonds. The summed E-state index contributed by atoms with van der Waals surface area (Å²) in [6, 6.07) is 7.89. The van der Waals surface area contributed by atoms with Crippen LogP contribution in [0.25, 0.3) is 11.3 Å². The van der Waals surface area contributed by atoms with Crippen LogP contribution in [0.5, 0.6) is 5.75 Å². The third kappa shape index (κ3) is 3.19. The molecule has 0 radical (unpaired) electrons. The molecule has 18 heavy (non-hydrogen) atoms. The van der Waals surface area contributed by atoms with Crippen LogP contribution >= 0.6 is 34.7 Å². The monoisotopic (exact) mass is 299 g/mol. The van der Waals surface area contributed by atoms with E-state index in [9.17, 15) is 0 Å². The number of ether oxygens (including phenoxy) is 1. The molecule has 0 aliphatic rings. The zero-order valence-corrected chi connectivity index (χ0v) is 12.8. The van der Waals surface area contributed by atoms with Crippen molar-refractivity contribution in [2.45, 2.75) is 23.3 Å². The molecule has 0 spiro atoms. The van der Waals surface area contributed by atoms with Crippen molar-refractivity contribution in [3.8, 4) is 17.0 Å². The molecule has 0 N–H and O–H groups in total. The first-order chi connectivity index (χ1) is 8.60.